The number of aryl methyl sites for hydroxylation is 2. The number of alkyl halides is 6. The first-order valence-electron chi connectivity index (χ1n) is 14.3. The van der Waals surface area contributed by atoms with Crippen LogP contribution in [-0.4, -0.2) is 0 Å². The van der Waals surface area contributed by atoms with Gasteiger partial charge in [0.1, 0.15) is 12.1 Å². The normalized spacial score (nSPS) is 15.1. The summed E-state index contributed by atoms with van der Waals surface area (Å²) >= 11 is 0. The van der Waals surface area contributed by atoms with Crippen LogP contribution in [0.5, 0.6) is 0 Å². The Hall–Kier alpha value is -7.88. The number of benzene rings is 3. The molecule has 0 spiro atoms. The predicted octanol–water partition coefficient (Wildman–Crippen LogP) is 9.64. The summed E-state index contributed by atoms with van der Waals surface area (Å²) in [6.45, 7) is 27.1. The maximum atomic E-state index is 14.0. The van der Waals surface area contributed by atoms with E-state index in [1.165, 1.54) is 6.07 Å². The largest absolute Gasteiger partial charge is 0.416 e. The van der Waals surface area contributed by atoms with E-state index in [2.05, 4.69) is 14.5 Å². The van der Waals surface area contributed by atoms with Crippen LogP contribution in [0.1, 0.15) is 66.8 Å². The minimum atomic E-state index is -5.35. The van der Waals surface area contributed by atoms with E-state index in [0.29, 0.717) is 16.7 Å². The highest BCUT2D eigenvalue weighted by Gasteiger charge is 2.44. The van der Waals surface area contributed by atoms with Crippen molar-refractivity contribution in [1.29, 1.82) is 26.3 Å². The first kappa shape index (κ1) is 35.4. The lowest BCUT2D eigenvalue weighted by Crippen LogP contribution is -2.12. The molecule has 52 heavy (non-hydrogen) atoms. The Bertz CT molecular complexity index is 2610. The van der Waals surface area contributed by atoms with Gasteiger partial charge in [0.2, 0.25) is 5.70 Å². The Balaban J connectivity index is 2.13. The van der Waals surface area contributed by atoms with Gasteiger partial charge in [0.25, 0.3) is 11.4 Å². The molecule has 0 heterocycles. The van der Waals surface area contributed by atoms with Crippen LogP contribution in [0.3, 0.4) is 0 Å². The average Bonchev–Trinajstić information content (AvgIpc) is 3.61. The molecule has 0 unspecified atom stereocenters. The number of rotatable bonds is 2. The van der Waals surface area contributed by atoms with Crippen molar-refractivity contribution in [2.45, 2.75) is 26.2 Å². The molecule has 2 aliphatic rings. The summed E-state index contributed by atoms with van der Waals surface area (Å²) in [5.74, 6) is 0. The summed E-state index contributed by atoms with van der Waals surface area (Å²) < 4.78 is 84.0. The maximum Gasteiger partial charge on any atom is 0.416 e. The second kappa shape index (κ2) is 12.5. The van der Waals surface area contributed by atoms with Crippen LogP contribution >= 0.6 is 0 Å². The Kier molecular flexibility index (Phi) is 8.54. The molecule has 0 atom stereocenters. The van der Waals surface area contributed by atoms with Gasteiger partial charge in [-0.1, -0.05) is 29.3 Å². The molecule has 0 bridgehead atoms. The summed E-state index contributed by atoms with van der Waals surface area (Å²) in [5.41, 5.74) is -10.3. The van der Waals surface area contributed by atoms with Gasteiger partial charge < -0.3 is 0 Å². The van der Waals surface area contributed by atoms with Crippen molar-refractivity contribution in [2.75, 3.05) is 0 Å². The molecule has 0 amide bonds. The Morgan fingerprint density at radius 1 is 0.577 bits per heavy atom. The van der Waals surface area contributed by atoms with Gasteiger partial charge in [0.15, 0.2) is 0 Å². The highest BCUT2D eigenvalue weighted by Crippen LogP contribution is 2.59. The zero-order valence-corrected chi connectivity index (χ0v) is 26.3. The van der Waals surface area contributed by atoms with E-state index >= 15 is 0 Å². The molecule has 0 saturated heterocycles. The third kappa shape index (κ3) is 5.28. The number of hydrogen-bond donors (Lipinski definition) is 0. The van der Waals surface area contributed by atoms with E-state index in [9.17, 15) is 52.7 Å². The molecule has 0 N–H and O–H groups in total. The number of halogens is 6. The van der Waals surface area contributed by atoms with Crippen LogP contribution in [0.2, 0.25) is 0 Å². The molecule has 5 rings (SSSR count). The number of hydrogen-bond acceptors (Lipinski definition) is 5. The van der Waals surface area contributed by atoms with Gasteiger partial charge in [0.05, 0.1) is 65.8 Å². The summed E-state index contributed by atoms with van der Waals surface area (Å²) in [7, 11) is 0. The number of allylic oxidation sites excluding steroid dienone is 7. The average molecular weight is 695 g/mol. The first-order valence-corrected chi connectivity index (χ1v) is 14.3. The van der Waals surface area contributed by atoms with Crippen LogP contribution in [0.25, 0.3) is 48.1 Å². The second-order valence-corrected chi connectivity index (χ2v) is 11.2. The molecule has 246 valence electrons. The SMILES string of the molecule is [C-]#[N+]C1=C(c2cc(C)cc(C)c2)/C(=C(/C#N)[N+]#[C-])c2c(C#N)c3c(c(C#N)c21)C(C#N)=C(c1cc(C(F)(F)F)cc(C(F)(F)F)c1)/C3=C(\C#N)[N+]#[C-]. The Labute approximate surface area is 291 Å². The van der Waals surface area contributed by atoms with E-state index in [4.69, 9.17) is 19.7 Å². The smallest absolute Gasteiger partial charge is 0.237 e. The summed E-state index contributed by atoms with van der Waals surface area (Å²) in [5, 5.41) is 52.1. The lowest BCUT2D eigenvalue weighted by molar-refractivity contribution is -0.143. The molecular formula is C38H12F6N8. The van der Waals surface area contributed by atoms with Gasteiger partial charge in [-0.25, -0.2) is 25.1 Å². The monoisotopic (exact) mass is 694 g/mol. The van der Waals surface area contributed by atoms with Gasteiger partial charge in [-0.05, 0) is 65.5 Å². The molecule has 0 aliphatic heterocycles. The van der Waals surface area contributed by atoms with E-state index in [0.717, 1.165) is 0 Å². The molecule has 3 aromatic carbocycles. The van der Waals surface area contributed by atoms with E-state index in [1.54, 1.807) is 44.2 Å². The van der Waals surface area contributed by atoms with E-state index < -0.39 is 79.4 Å². The molecule has 0 fully saturated rings. The summed E-state index contributed by atoms with van der Waals surface area (Å²) in [4.78, 5) is 10.0. The van der Waals surface area contributed by atoms with Crippen LogP contribution in [0.4, 0.5) is 26.3 Å². The standard InChI is InChI=1S/C38H12F6N8/c1-17-6-18(2)8-19(7-17)29-35(27(16-49)51-4)32-25(14-47)31-30(24(13-46)33(32)36(29)52-5)23(12-45)28(34(31)26(15-48)50-3)20-9-21(37(39,40)41)11-22(10-20)38(42,43)44/h6-11H,1-2H3/b34-26-,35-27+. The molecule has 14 heteroatoms. The van der Waals surface area contributed by atoms with Crippen molar-refractivity contribution in [3.63, 3.8) is 0 Å². The fourth-order valence-corrected chi connectivity index (χ4v) is 6.46. The van der Waals surface area contributed by atoms with Crippen molar-refractivity contribution >= 4 is 33.6 Å². The van der Waals surface area contributed by atoms with Gasteiger partial charge in [0, 0.05) is 22.3 Å². The molecule has 2 aliphatic carbocycles. The molecule has 8 nitrogen and oxygen atoms in total. The molecule has 0 aromatic heterocycles. The van der Waals surface area contributed by atoms with Crippen LogP contribution in [0.15, 0.2) is 47.8 Å². The maximum absolute atomic E-state index is 14.0. The van der Waals surface area contributed by atoms with Crippen LogP contribution in [0, 0.1) is 90.2 Å². The van der Waals surface area contributed by atoms with Crippen molar-refractivity contribution < 1.29 is 26.3 Å². The third-order valence-electron chi connectivity index (χ3n) is 8.22. The minimum absolute atomic E-state index is 0.0346. The molecule has 3 aromatic rings. The lowest BCUT2D eigenvalue weighted by Gasteiger charge is -2.18. The highest BCUT2D eigenvalue weighted by molar-refractivity contribution is 6.31. The van der Waals surface area contributed by atoms with Gasteiger partial charge in [-0.2, -0.15) is 42.1 Å². The predicted molar refractivity (Wildman–Crippen MR) is 172 cm³/mol. The van der Waals surface area contributed by atoms with Crippen molar-refractivity contribution in [3.05, 3.63) is 149 Å². The lowest BCUT2D eigenvalue weighted by atomic mass is 9.83. The van der Waals surface area contributed by atoms with Crippen LogP contribution in [-0.2, 0) is 12.4 Å². The van der Waals surface area contributed by atoms with Gasteiger partial charge >= 0.3 is 12.4 Å². The van der Waals surface area contributed by atoms with Crippen molar-refractivity contribution in [1.82, 2.24) is 0 Å². The van der Waals surface area contributed by atoms with Gasteiger partial charge in [-0.3, -0.25) is 0 Å². The Morgan fingerprint density at radius 3 is 1.42 bits per heavy atom. The number of nitriles is 5. The van der Waals surface area contributed by atoms with E-state index in [-0.39, 0.29) is 46.2 Å². The Morgan fingerprint density at radius 2 is 1.02 bits per heavy atom. The van der Waals surface area contributed by atoms with Crippen LogP contribution < -0.4 is 0 Å². The van der Waals surface area contributed by atoms with Crippen molar-refractivity contribution in [2.24, 2.45) is 0 Å². The molecule has 0 saturated carbocycles. The fourth-order valence-electron chi connectivity index (χ4n) is 6.46. The topological polar surface area (TPSA) is 132 Å². The molecule has 0 radical (unpaired) electrons. The highest BCUT2D eigenvalue weighted by atomic mass is 19.4. The van der Waals surface area contributed by atoms with E-state index in [1.807, 2.05) is 12.1 Å². The summed E-state index contributed by atoms with van der Waals surface area (Å²) in [6.07, 6.45) is -10.7. The minimum Gasteiger partial charge on any atom is -0.237 e. The zero-order valence-electron chi connectivity index (χ0n) is 26.3. The first-order chi connectivity index (χ1) is 24.6. The fraction of sp³-hybridized carbons (Fsp3) is 0.105. The third-order valence-corrected chi connectivity index (χ3v) is 8.22. The zero-order chi connectivity index (χ0) is 38.4. The molecular weight excluding hydrogens is 682 g/mol. The number of nitrogens with zero attached hydrogens (tertiary/aromatic N) is 8. The second-order valence-electron chi connectivity index (χ2n) is 11.2. The van der Waals surface area contributed by atoms with Gasteiger partial charge in [-0.15, -0.1) is 0 Å². The quantitative estimate of drug-likeness (QED) is 0.150. The van der Waals surface area contributed by atoms with Crippen molar-refractivity contribution in [3.8, 4) is 30.3 Å². The summed E-state index contributed by atoms with van der Waals surface area (Å²) in [6, 6.07) is 14.0. The number of fused-ring (bicyclic) bond motifs is 2.